The standard InChI is InChI=1S/C23H17F2N7/c24-16-6-1-5-15(10-16)20-19-21(26)32(18-8-2-7-17(25)11-18)31-22(19)30-23(29-20)28-13-14-4-3-9-27-12-14/h1-12H,13,26H2,(H,28,30,31). The highest BCUT2D eigenvalue weighted by molar-refractivity contribution is 5.99. The van der Waals surface area contributed by atoms with Crippen LogP contribution >= 0.6 is 0 Å². The third-order valence-corrected chi connectivity index (χ3v) is 4.89. The van der Waals surface area contributed by atoms with Crippen molar-refractivity contribution in [3.05, 3.63) is 90.3 Å². The van der Waals surface area contributed by atoms with Crippen molar-refractivity contribution in [2.24, 2.45) is 0 Å². The second-order valence-corrected chi connectivity index (χ2v) is 7.10. The lowest BCUT2D eigenvalue weighted by molar-refractivity contribution is 0.625. The zero-order valence-electron chi connectivity index (χ0n) is 16.7. The Morgan fingerprint density at radius 1 is 0.938 bits per heavy atom. The molecule has 0 aliphatic heterocycles. The van der Waals surface area contributed by atoms with Crippen molar-refractivity contribution >= 4 is 22.8 Å². The molecule has 32 heavy (non-hydrogen) atoms. The van der Waals surface area contributed by atoms with E-state index in [1.165, 1.54) is 28.9 Å². The summed E-state index contributed by atoms with van der Waals surface area (Å²) in [5, 5.41) is 8.08. The van der Waals surface area contributed by atoms with E-state index in [1.54, 1.807) is 36.7 Å². The number of rotatable bonds is 5. The summed E-state index contributed by atoms with van der Waals surface area (Å²) in [4.78, 5) is 13.2. The van der Waals surface area contributed by atoms with Crippen LogP contribution in [0, 0.1) is 11.6 Å². The third-order valence-electron chi connectivity index (χ3n) is 4.89. The smallest absolute Gasteiger partial charge is 0.225 e. The second-order valence-electron chi connectivity index (χ2n) is 7.10. The van der Waals surface area contributed by atoms with Crippen molar-refractivity contribution in [1.82, 2.24) is 24.7 Å². The maximum absolute atomic E-state index is 14.0. The second kappa shape index (κ2) is 8.03. The zero-order valence-corrected chi connectivity index (χ0v) is 16.7. The number of nitrogens with one attached hydrogen (secondary N) is 1. The first-order valence-electron chi connectivity index (χ1n) is 9.79. The molecule has 0 spiro atoms. The van der Waals surface area contributed by atoms with Crippen LogP contribution in [0.25, 0.3) is 28.0 Å². The molecule has 0 atom stereocenters. The number of halogens is 2. The van der Waals surface area contributed by atoms with Gasteiger partial charge >= 0.3 is 0 Å². The van der Waals surface area contributed by atoms with E-state index in [9.17, 15) is 8.78 Å². The quantitative estimate of drug-likeness (QED) is 0.431. The Morgan fingerprint density at radius 2 is 1.75 bits per heavy atom. The maximum atomic E-state index is 14.0. The summed E-state index contributed by atoms with van der Waals surface area (Å²) in [5.74, 6) is -0.305. The Balaban J connectivity index is 1.66. The van der Waals surface area contributed by atoms with Gasteiger partial charge in [-0.2, -0.15) is 4.98 Å². The summed E-state index contributed by atoms with van der Waals surface area (Å²) in [5.41, 5.74) is 9.01. The Hall–Kier alpha value is -4.40. The highest BCUT2D eigenvalue weighted by atomic mass is 19.1. The predicted octanol–water partition coefficient (Wildman–Crippen LogP) is 4.35. The SMILES string of the molecule is Nc1c2c(-c3cccc(F)c3)nc(NCc3cccnc3)nc2nn1-c1cccc(F)c1. The van der Waals surface area contributed by atoms with E-state index < -0.39 is 11.6 Å². The van der Waals surface area contributed by atoms with Crippen molar-refractivity contribution in [3.63, 3.8) is 0 Å². The van der Waals surface area contributed by atoms with Gasteiger partial charge in [-0.05, 0) is 42.0 Å². The lowest BCUT2D eigenvalue weighted by Gasteiger charge is -2.09. The maximum Gasteiger partial charge on any atom is 0.225 e. The molecule has 3 aromatic heterocycles. The lowest BCUT2D eigenvalue weighted by Crippen LogP contribution is -2.05. The average molecular weight is 429 g/mol. The molecular weight excluding hydrogens is 412 g/mol. The van der Waals surface area contributed by atoms with E-state index in [0.29, 0.717) is 40.5 Å². The Labute approximate surface area is 181 Å². The topological polar surface area (TPSA) is 94.5 Å². The van der Waals surface area contributed by atoms with Crippen LogP contribution in [0.1, 0.15) is 5.56 Å². The number of nitrogens with zero attached hydrogens (tertiary/aromatic N) is 5. The van der Waals surface area contributed by atoms with Crippen LogP contribution in [0.15, 0.2) is 73.1 Å². The van der Waals surface area contributed by atoms with E-state index in [4.69, 9.17) is 5.73 Å². The van der Waals surface area contributed by atoms with Gasteiger partial charge in [-0.15, -0.1) is 5.10 Å². The number of benzene rings is 2. The van der Waals surface area contributed by atoms with Crippen molar-refractivity contribution in [2.45, 2.75) is 6.54 Å². The molecule has 5 rings (SSSR count). The minimum Gasteiger partial charge on any atom is -0.383 e. The molecule has 2 aromatic carbocycles. The van der Waals surface area contributed by atoms with Gasteiger partial charge in [0.1, 0.15) is 17.5 Å². The van der Waals surface area contributed by atoms with Crippen LogP contribution in [0.4, 0.5) is 20.5 Å². The van der Waals surface area contributed by atoms with Gasteiger partial charge in [0.05, 0.1) is 16.8 Å². The Kier molecular flexibility index (Phi) is 4.91. The van der Waals surface area contributed by atoms with Gasteiger partial charge in [0, 0.05) is 24.5 Å². The van der Waals surface area contributed by atoms with Crippen LogP contribution in [0.2, 0.25) is 0 Å². The zero-order chi connectivity index (χ0) is 22.1. The molecule has 0 aliphatic rings. The van der Waals surface area contributed by atoms with Crippen LogP contribution < -0.4 is 11.1 Å². The molecule has 0 aliphatic carbocycles. The van der Waals surface area contributed by atoms with Crippen LogP contribution in [0.3, 0.4) is 0 Å². The van der Waals surface area contributed by atoms with E-state index in [2.05, 4.69) is 25.4 Å². The molecule has 0 unspecified atom stereocenters. The number of nitrogens with two attached hydrogens (primary N) is 1. The highest BCUT2D eigenvalue weighted by Gasteiger charge is 2.19. The molecule has 5 aromatic rings. The number of fused-ring (bicyclic) bond motifs is 1. The molecule has 0 radical (unpaired) electrons. The first kappa shape index (κ1) is 19.6. The largest absolute Gasteiger partial charge is 0.383 e. The van der Waals surface area contributed by atoms with Gasteiger partial charge in [0.2, 0.25) is 5.95 Å². The van der Waals surface area contributed by atoms with Gasteiger partial charge in [-0.1, -0.05) is 24.3 Å². The number of hydrogen-bond donors (Lipinski definition) is 2. The molecule has 0 saturated carbocycles. The van der Waals surface area contributed by atoms with Gasteiger partial charge in [0.25, 0.3) is 0 Å². The predicted molar refractivity (Wildman–Crippen MR) is 118 cm³/mol. The van der Waals surface area contributed by atoms with Crippen molar-refractivity contribution < 1.29 is 8.78 Å². The van der Waals surface area contributed by atoms with Gasteiger partial charge in [-0.3, -0.25) is 4.98 Å². The lowest BCUT2D eigenvalue weighted by atomic mass is 10.1. The Morgan fingerprint density at radius 3 is 2.50 bits per heavy atom. The fourth-order valence-electron chi connectivity index (χ4n) is 3.42. The fraction of sp³-hybridized carbons (Fsp3) is 0.0435. The van der Waals surface area contributed by atoms with Gasteiger partial charge in [0.15, 0.2) is 5.65 Å². The van der Waals surface area contributed by atoms with E-state index in [-0.39, 0.29) is 5.82 Å². The fourth-order valence-corrected chi connectivity index (χ4v) is 3.42. The van der Waals surface area contributed by atoms with Crippen molar-refractivity contribution in [2.75, 3.05) is 11.1 Å². The first-order chi connectivity index (χ1) is 15.6. The normalized spacial score (nSPS) is 11.1. The molecule has 158 valence electrons. The molecular formula is C23H17F2N7. The molecule has 0 bridgehead atoms. The average Bonchev–Trinajstić information content (AvgIpc) is 3.14. The summed E-state index contributed by atoms with van der Waals surface area (Å²) >= 11 is 0. The van der Waals surface area contributed by atoms with Gasteiger partial charge < -0.3 is 11.1 Å². The molecule has 0 fully saturated rings. The van der Waals surface area contributed by atoms with Gasteiger partial charge in [-0.25, -0.2) is 18.4 Å². The molecule has 3 heterocycles. The first-order valence-corrected chi connectivity index (χ1v) is 9.79. The summed E-state index contributed by atoms with van der Waals surface area (Å²) in [6.45, 7) is 0.433. The summed E-state index contributed by atoms with van der Waals surface area (Å²) in [6.07, 6.45) is 3.42. The monoisotopic (exact) mass is 429 g/mol. The number of aromatic nitrogens is 5. The van der Waals surface area contributed by atoms with E-state index in [1.807, 2.05) is 12.1 Å². The Bertz CT molecular complexity index is 1420. The van der Waals surface area contributed by atoms with Crippen LogP contribution in [-0.4, -0.2) is 24.7 Å². The van der Waals surface area contributed by atoms with Crippen LogP contribution in [-0.2, 0) is 6.54 Å². The van der Waals surface area contributed by atoms with Crippen molar-refractivity contribution in [3.8, 4) is 16.9 Å². The number of nitrogen functional groups attached to an aromatic ring is 1. The van der Waals surface area contributed by atoms with Crippen molar-refractivity contribution in [1.29, 1.82) is 0 Å². The number of pyridine rings is 1. The summed E-state index contributed by atoms with van der Waals surface area (Å²) in [6, 6.07) is 15.7. The molecule has 7 nitrogen and oxygen atoms in total. The third kappa shape index (κ3) is 3.71. The summed E-state index contributed by atoms with van der Waals surface area (Å²) in [7, 11) is 0. The summed E-state index contributed by atoms with van der Waals surface area (Å²) < 4.78 is 29.2. The highest BCUT2D eigenvalue weighted by Crippen LogP contribution is 2.33. The molecule has 9 heteroatoms. The minimum absolute atomic E-state index is 0.226. The number of anilines is 2. The number of hydrogen-bond acceptors (Lipinski definition) is 6. The minimum atomic E-state index is -0.420. The van der Waals surface area contributed by atoms with Crippen LogP contribution in [0.5, 0.6) is 0 Å². The van der Waals surface area contributed by atoms with E-state index >= 15 is 0 Å². The molecule has 0 saturated heterocycles. The molecule has 0 amide bonds. The van der Waals surface area contributed by atoms with E-state index in [0.717, 1.165) is 5.56 Å². The molecule has 3 N–H and O–H groups in total.